The number of carbonyl (C=O) groups is 1. The van der Waals surface area contributed by atoms with E-state index in [-0.39, 0.29) is 17.6 Å². The first-order chi connectivity index (χ1) is 17.2. The molecule has 4 aliphatic rings. The number of anilines is 1. The van der Waals surface area contributed by atoms with Gasteiger partial charge in [0.25, 0.3) is 6.43 Å². The fourth-order valence-corrected chi connectivity index (χ4v) is 4.80. The van der Waals surface area contributed by atoms with Gasteiger partial charge >= 0.3 is 0 Å². The quantitative estimate of drug-likeness (QED) is 0.575. The fraction of sp³-hybridized carbons (Fsp3) is 0.440. The predicted molar refractivity (Wildman–Crippen MR) is 126 cm³/mol. The van der Waals surface area contributed by atoms with E-state index in [0.29, 0.717) is 54.6 Å². The van der Waals surface area contributed by atoms with E-state index in [4.69, 9.17) is 4.74 Å². The summed E-state index contributed by atoms with van der Waals surface area (Å²) < 4.78 is 49.6. The molecule has 8 nitrogen and oxygen atoms in total. The Kier molecular flexibility index (Phi) is 6.31. The molecule has 0 radical (unpaired) electrons. The summed E-state index contributed by atoms with van der Waals surface area (Å²) in [4.78, 5) is 27.2. The zero-order valence-electron chi connectivity index (χ0n) is 20.3. The standard InChI is InChI=1S/C25H27F3N6O2/c1-13(17-5-4-6-18(21(17)26)22(27)28)30-23-19-11-20(36-16-7-9-33(12-16)15(3)35)25-29-8-10-34(25)24(19)32-14(2)31-23/h4-6,11,13,16,22,29H,7-10,12H2,1-3H3/t13-,16+/m1/s1. The van der Waals surface area contributed by atoms with E-state index in [9.17, 15) is 18.0 Å². The Balaban J connectivity index is 1.59. The van der Waals surface area contributed by atoms with Gasteiger partial charge < -0.3 is 19.5 Å². The molecular formula is C25H27F3N6O2. The van der Waals surface area contributed by atoms with Gasteiger partial charge in [-0.1, -0.05) is 18.2 Å². The zero-order chi connectivity index (χ0) is 25.6. The number of rotatable bonds is 5. The van der Waals surface area contributed by atoms with Crippen molar-refractivity contribution in [1.82, 2.24) is 19.4 Å². The van der Waals surface area contributed by atoms with Crippen molar-refractivity contribution in [1.29, 1.82) is 0 Å². The summed E-state index contributed by atoms with van der Waals surface area (Å²) in [5.41, 5.74) is 0.362. The van der Waals surface area contributed by atoms with Crippen molar-refractivity contribution in [3.05, 3.63) is 52.5 Å². The van der Waals surface area contributed by atoms with Gasteiger partial charge in [-0.2, -0.15) is 0 Å². The number of alkyl halides is 2. The van der Waals surface area contributed by atoms with E-state index < -0.39 is 23.8 Å². The number of pyridine rings is 1. The first kappa shape index (κ1) is 24.1. The number of nitrogens with one attached hydrogen (secondary N) is 1. The van der Waals surface area contributed by atoms with Gasteiger partial charge in [-0.25, -0.2) is 23.1 Å². The Morgan fingerprint density at radius 1 is 1.25 bits per heavy atom. The third-order valence-corrected chi connectivity index (χ3v) is 6.62. The minimum Gasteiger partial charge on any atom is -0.485 e. The smallest absolute Gasteiger partial charge is 0.266 e. The summed E-state index contributed by atoms with van der Waals surface area (Å²) in [7, 11) is 0. The van der Waals surface area contributed by atoms with Crippen molar-refractivity contribution in [3.8, 4) is 17.1 Å². The van der Waals surface area contributed by atoms with Crippen molar-refractivity contribution in [3.63, 3.8) is 0 Å². The van der Waals surface area contributed by atoms with Crippen molar-refractivity contribution in [2.24, 2.45) is 4.99 Å². The van der Waals surface area contributed by atoms with Gasteiger partial charge in [-0.3, -0.25) is 9.79 Å². The van der Waals surface area contributed by atoms with Crippen LogP contribution >= 0.6 is 0 Å². The van der Waals surface area contributed by atoms with E-state index in [2.05, 4.69) is 20.3 Å². The SMILES string of the molecule is CC(=O)N1CC[C@H](Oc2cc3c(=N[C@H](C)c4cccc(C(F)F)c4F)nc(C)nc-3n3c2NCC3)C1. The van der Waals surface area contributed by atoms with Crippen LogP contribution in [-0.4, -0.2) is 51.1 Å². The highest BCUT2D eigenvalue weighted by molar-refractivity contribution is 5.73. The van der Waals surface area contributed by atoms with Gasteiger partial charge in [0, 0.05) is 38.5 Å². The normalized spacial score (nSPS) is 18.6. The average Bonchev–Trinajstić information content (AvgIpc) is 3.50. The molecule has 4 aliphatic heterocycles. The maximum atomic E-state index is 14.8. The summed E-state index contributed by atoms with van der Waals surface area (Å²) >= 11 is 0. The molecule has 0 aromatic heterocycles. The molecule has 0 bridgehead atoms. The Morgan fingerprint density at radius 2 is 2.03 bits per heavy atom. The Labute approximate surface area is 206 Å². The molecule has 1 saturated heterocycles. The summed E-state index contributed by atoms with van der Waals surface area (Å²) in [5, 5.41) is 3.34. The number of carbonyl (C=O) groups excluding carboxylic acids is 1. The molecule has 0 saturated carbocycles. The molecular weight excluding hydrogens is 473 g/mol. The molecule has 190 valence electrons. The lowest BCUT2D eigenvalue weighted by Crippen LogP contribution is -2.29. The third kappa shape index (κ3) is 4.38. The Bertz CT molecular complexity index is 1360. The number of fused-ring (bicyclic) bond motifs is 3. The average molecular weight is 501 g/mol. The maximum absolute atomic E-state index is 14.8. The number of ether oxygens (including phenoxy) is 1. The maximum Gasteiger partial charge on any atom is 0.266 e. The summed E-state index contributed by atoms with van der Waals surface area (Å²) in [6.07, 6.45) is -2.36. The van der Waals surface area contributed by atoms with Crippen LogP contribution in [0.25, 0.3) is 11.4 Å². The summed E-state index contributed by atoms with van der Waals surface area (Å²) in [6, 6.07) is 4.99. The molecule has 5 rings (SSSR count). The topological polar surface area (TPSA) is 84.6 Å². The Hall–Kier alpha value is -3.63. The number of benzene rings is 1. The monoisotopic (exact) mass is 500 g/mol. The number of likely N-dealkylation sites (tertiary alicyclic amines) is 1. The molecule has 11 heteroatoms. The second-order valence-corrected chi connectivity index (χ2v) is 9.12. The van der Waals surface area contributed by atoms with Crippen LogP contribution < -0.4 is 15.5 Å². The van der Waals surface area contributed by atoms with Gasteiger partial charge in [-0.15, -0.1) is 0 Å². The first-order valence-corrected chi connectivity index (χ1v) is 11.9. The predicted octanol–water partition coefficient (Wildman–Crippen LogP) is 3.86. The van der Waals surface area contributed by atoms with Gasteiger partial charge in [0.05, 0.1) is 23.7 Å². The van der Waals surface area contributed by atoms with Crippen LogP contribution in [0.1, 0.15) is 49.7 Å². The van der Waals surface area contributed by atoms with Crippen molar-refractivity contribution < 1.29 is 22.7 Å². The lowest BCUT2D eigenvalue weighted by molar-refractivity contribution is -0.128. The lowest BCUT2D eigenvalue weighted by atomic mass is 10.0. The molecule has 1 aromatic carbocycles. The van der Waals surface area contributed by atoms with E-state index in [0.717, 1.165) is 18.3 Å². The zero-order valence-corrected chi connectivity index (χ0v) is 20.3. The largest absolute Gasteiger partial charge is 0.485 e. The number of amides is 1. The van der Waals surface area contributed by atoms with E-state index in [1.807, 2.05) is 10.6 Å². The number of nitrogens with zero attached hydrogens (tertiary/aromatic N) is 5. The van der Waals surface area contributed by atoms with E-state index in [1.54, 1.807) is 25.7 Å². The molecule has 36 heavy (non-hydrogen) atoms. The summed E-state index contributed by atoms with van der Waals surface area (Å²) in [5.74, 6) is 1.57. The first-order valence-electron chi connectivity index (χ1n) is 11.9. The van der Waals surface area contributed by atoms with Crippen LogP contribution in [0, 0.1) is 12.7 Å². The van der Waals surface area contributed by atoms with Gasteiger partial charge in [-0.05, 0) is 19.9 Å². The molecule has 1 fully saturated rings. The number of hydrogen-bond donors (Lipinski definition) is 1. The molecule has 0 aliphatic carbocycles. The van der Waals surface area contributed by atoms with E-state index >= 15 is 0 Å². The highest BCUT2D eigenvalue weighted by Gasteiger charge is 2.30. The number of aromatic nitrogens is 3. The van der Waals surface area contributed by atoms with Gasteiger partial charge in [0.1, 0.15) is 23.6 Å². The third-order valence-electron chi connectivity index (χ3n) is 6.62. The molecule has 0 unspecified atom stereocenters. The van der Waals surface area contributed by atoms with Gasteiger partial charge in [0.15, 0.2) is 17.1 Å². The molecule has 0 spiro atoms. The van der Waals surface area contributed by atoms with Crippen LogP contribution in [0.3, 0.4) is 0 Å². The minimum atomic E-state index is -2.92. The van der Waals surface area contributed by atoms with E-state index in [1.165, 1.54) is 12.1 Å². The molecule has 1 aromatic rings. The molecule has 2 atom stereocenters. The highest BCUT2D eigenvalue weighted by atomic mass is 19.3. The molecule has 1 N–H and O–H groups in total. The Morgan fingerprint density at radius 3 is 2.75 bits per heavy atom. The van der Waals surface area contributed by atoms with Gasteiger partial charge in [0.2, 0.25) is 5.91 Å². The second kappa shape index (κ2) is 9.44. The van der Waals surface area contributed by atoms with Crippen molar-refractivity contribution in [2.45, 2.75) is 52.3 Å². The molecule has 4 heterocycles. The van der Waals surface area contributed by atoms with Crippen LogP contribution in [0.2, 0.25) is 0 Å². The summed E-state index contributed by atoms with van der Waals surface area (Å²) in [6.45, 7) is 7.43. The second-order valence-electron chi connectivity index (χ2n) is 9.12. The number of halogens is 3. The van der Waals surface area contributed by atoms with Crippen LogP contribution in [0.5, 0.6) is 5.75 Å². The minimum absolute atomic E-state index is 0.0134. The fourth-order valence-electron chi connectivity index (χ4n) is 4.80. The van der Waals surface area contributed by atoms with Crippen molar-refractivity contribution >= 4 is 11.7 Å². The number of hydrogen-bond acceptors (Lipinski definition) is 6. The van der Waals surface area contributed by atoms with Crippen molar-refractivity contribution in [2.75, 3.05) is 25.0 Å². The van der Waals surface area contributed by atoms with Crippen LogP contribution in [0.4, 0.5) is 19.0 Å². The number of aryl methyl sites for hydroxylation is 1. The highest BCUT2D eigenvalue weighted by Crippen LogP contribution is 2.36. The van der Waals surface area contributed by atoms with Crippen LogP contribution in [-0.2, 0) is 11.3 Å². The molecule has 1 amide bonds. The van der Waals surface area contributed by atoms with Crippen LogP contribution in [0.15, 0.2) is 29.3 Å². The lowest BCUT2D eigenvalue weighted by Gasteiger charge is -2.21.